The van der Waals surface area contributed by atoms with Crippen molar-refractivity contribution in [3.63, 3.8) is 0 Å². The Labute approximate surface area is 160 Å². The molecular weight excluding hydrogens is 368 g/mol. The number of aromatic nitrogens is 1. The maximum atomic E-state index is 11.9. The van der Waals surface area contributed by atoms with Gasteiger partial charge in [-0.15, -0.1) is 11.3 Å². The van der Waals surface area contributed by atoms with Crippen molar-refractivity contribution in [3.8, 4) is 27.6 Å². The molecule has 1 aliphatic rings. The summed E-state index contributed by atoms with van der Waals surface area (Å²) in [5.74, 6) is 0.935. The number of thiazole rings is 1. The van der Waals surface area contributed by atoms with E-state index in [-0.39, 0.29) is 11.8 Å². The summed E-state index contributed by atoms with van der Waals surface area (Å²) in [5.41, 5.74) is 3.59. The van der Waals surface area contributed by atoms with Crippen molar-refractivity contribution in [1.29, 1.82) is 0 Å². The van der Waals surface area contributed by atoms with Crippen molar-refractivity contribution in [3.05, 3.63) is 52.9 Å². The van der Waals surface area contributed by atoms with E-state index in [2.05, 4.69) is 5.32 Å². The summed E-state index contributed by atoms with van der Waals surface area (Å²) in [6.45, 7) is 0. The van der Waals surface area contributed by atoms with E-state index in [4.69, 9.17) is 21.3 Å². The van der Waals surface area contributed by atoms with Gasteiger partial charge in [0, 0.05) is 28.1 Å². The predicted octanol–water partition coefficient (Wildman–Crippen LogP) is 5.49. The number of nitrogens with zero attached hydrogens (tertiary/aromatic N) is 1. The van der Waals surface area contributed by atoms with E-state index in [0.29, 0.717) is 10.8 Å². The summed E-state index contributed by atoms with van der Waals surface area (Å²) in [5, 5.41) is 6.44. The molecule has 1 aromatic heterocycles. The molecule has 26 heavy (non-hydrogen) atoms. The highest BCUT2D eigenvalue weighted by molar-refractivity contribution is 7.13. The van der Waals surface area contributed by atoms with Gasteiger partial charge in [0.05, 0.1) is 17.8 Å². The van der Waals surface area contributed by atoms with E-state index in [9.17, 15) is 4.79 Å². The summed E-state index contributed by atoms with van der Waals surface area (Å²) in [6.07, 6.45) is 1.98. The van der Waals surface area contributed by atoms with Crippen LogP contribution < -0.4 is 10.1 Å². The van der Waals surface area contributed by atoms with Crippen LogP contribution in [0.5, 0.6) is 5.75 Å². The van der Waals surface area contributed by atoms with Gasteiger partial charge in [-0.25, -0.2) is 4.98 Å². The molecule has 1 fully saturated rings. The number of benzene rings is 2. The number of hydrogen-bond acceptors (Lipinski definition) is 4. The largest absolute Gasteiger partial charge is 0.495 e. The zero-order valence-electron chi connectivity index (χ0n) is 14.2. The number of carbonyl (C=O) groups excluding carboxylic acids is 1. The Morgan fingerprint density at radius 1 is 1.23 bits per heavy atom. The Hall–Kier alpha value is -2.37. The van der Waals surface area contributed by atoms with Crippen LogP contribution in [0.1, 0.15) is 12.8 Å². The number of carbonyl (C=O) groups is 1. The van der Waals surface area contributed by atoms with Gasteiger partial charge in [0.2, 0.25) is 5.91 Å². The minimum atomic E-state index is 0.106. The van der Waals surface area contributed by atoms with Crippen LogP contribution in [0.2, 0.25) is 5.02 Å². The average molecular weight is 385 g/mol. The zero-order valence-corrected chi connectivity index (χ0v) is 15.7. The molecule has 1 amide bonds. The average Bonchev–Trinajstić information content (AvgIpc) is 3.39. The molecule has 0 unspecified atom stereocenters. The number of methoxy groups -OCH3 is 1. The fraction of sp³-hybridized carbons (Fsp3) is 0.200. The molecule has 0 spiro atoms. The molecule has 0 radical (unpaired) electrons. The van der Waals surface area contributed by atoms with E-state index >= 15 is 0 Å². The third-order valence-corrected chi connectivity index (χ3v) is 5.46. The number of ether oxygens (including phenoxy) is 1. The third kappa shape index (κ3) is 3.59. The van der Waals surface area contributed by atoms with Crippen LogP contribution in [0.25, 0.3) is 21.8 Å². The van der Waals surface area contributed by atoms with Gasteiger partial charge in [-0.05, 0) is 43.2 Å². The number of amides is 1. The molecule has 0 atom stereocenters. The lowest BCUT2D eigenvalue weighted by atomic mass is 10.1. The van der Waals surface area contributed by atoms with Gasteiger partial charge >= 0.3 is 0 Å². The summed E-state index contributed by atoms with van der Waals surface area (Å²) in [6, 6.07) is 13.4. The van der Waals surface area contributed by atoms with E-state index in [0.717, 1.165) is 40.4 Å². The van der Waals surface area contributed by atoms with Gasteiger partial charge in [-0.2, -0.15) is 0 Å². The van der Waals surface area contributed by atoms with Crippen LogP contribution >= 0.6 is 22.9 Å². The van der Waals surface area contributed by atoms with Crippen LogP contribution in [-0.2, 0) is 4.79 Å². The lowest BCUT2D eigenvalue weighted by molar-refractivity contribution is -0.117. The SMILES string of the molecule is COc1ccc(-c2csc(-c3cccc(NC(=O)C4CC4)c3)n2)cc1Cl. The van der Waals surface area contributed by atoms with Crippen molar-refractivity contribution in [2.75, 3.05) is 12.4 Å². The highest BCUT2D eigenvalue weighted by Crippen LogP contribution is 2.34. The lowest BCUT2D eigenvalue weighted by Gasteiger charge is -2.06. The number of hydrogen-bond donors (Lipinski definition) is 1. The Morgan fingerprint density at radius 2 is 2.08 bits per heavy atom. The van der Waals surface area contributed by atoms with Crippen molar-refractivity contribution in [2.24, 2.45) is 5.92 Å². The van der Waals surface area contributed by atoms with E-state index < -0.39 is 0 Å². The minimum Gasteiger partial charge on any atom is -0.495 e. The summed E-state index contributed by atoms with van der Waals surface area (Å²) >= 11 is 7.77. The summed E-state index contributed by atoms with van der Waals surface area (Å²) in [4.78, 5) is 16.7. The molecule has 132 valence electrons. The second kappa shape index (κ2) is 7.09. The first-order chi connectivity index (χ1) is 12.6. The molecule has 3 aromatic rings. The standard InChI is InChI=1S/C20H17ClN2O2S/c1-25-18-8-7-13(10-16(18)21)17-11-26-20(23-17)14-3-2-4-15(9-14)22-19(24)12-5-6-12/h2-4,7-12H,5-6H2,1H3,(H,22,24). The van der Waals surface area contributed by atoms with Gasteiger partial charge in [-0.3, -0.25) is 4.79 Å². The molecule has 1 aliphatic carbocycles. The second-order valence-corrected chi connectivity index (χ2v) is 7.50. The Balaban J connectivity index is 1.57. The predicted molar refractivity (Wildman–Crippen MR) is 106 cm³/mol. The van der Waals surface area contributed by atoms with Crippen LogP contribution in [0, 0.1) is 5.92 Å². The second-order valence-electron chi connectivity index (χ2n) is 6.23. The van der Waals surface area contributed by atoms with Crippen LogP contribution in [0.3, 0.4) is 0 Å². The molecule has 4 rings (SSSR count). The maximum Gasteiger partial charge on any atom is 0.227 e. The fourth-order valence-corrected chi connectivity index (χ4v) is 3.77. The third-order valence-electron chi connectivity index (χ3n) is 4.28. The van der Waals surface area contributed by atoms with Crippen molar-refractivity contribution in [2.45, 2.75) is 12.8 Å². The molecule has 1 saturated carbocycles. The first-order valence-corrected chi connectivity index (χ1v) is 9.60. The molecule has 0 saturated heterocycles. The van der Waals surface area contributed by atoms with Gasteiger partial charge in [-0.1, -0.05) is 23.7 Å². The van der Waals surface area contributed by atoms with Crippen molar-refractivity contribution >= 4 is 34.5 Å². The van der Waals surface area contributed by atoms with Gasteiger partial charge in [0.1, 0.15) is 10.8 Å². The molecule has 2 aromatic carbocycles. The highest BCUT2D eigenvalue weighted by atomic mass is 35.5. The first-order valence-electron chi connectivity index (χ1n) is 8.35. The first kappa shape index (κ1) is 17.1. The Bertz CT molecular complexity index is 966. The normalized spacial score (nSPS) is 13.5. The number of halogens is 1. The Kier molecular flexibility index (Phi) is 4.66. The summed E-state index contributed by atoms with van der Waals surface area (Å²) < 4.78 is 5.19. The monoisotopic (exact) mass is 384 g/mol. The highest BCUT2D eigenvalue weighted by Gasteiger charge is 2.29. The molecule has 1 heterocycles. The lowest BCUT2D eigenvalue weighted by Crippen LogP contribution is -2.13. The van der Waals surface area contributed by atoms with Gasteiger partial charge in [0.15, 0.2) is 0 Å². The van der Waals surface area contributed by atoms with Gasteiger partial charge in [0.25, 0.3) is 0 Å². The number of rotatable bonds is 5. The topological polar surface area (TPSA) is 51.2 Å². The number of nitrogens with one attached hydrogen (secondary N) is 1. The molecule has 6 heteroatoms. The zero-order chi connectivity index (χ0) is 18.1. The van der Waals surface area contributed by atoms with E-state index in [1.807, 2.05) is 47.8 Å². The maximum absolute atomic E-state index is 11.9. The van der Waals surface area contributed by atoms with Crippen molar-refractivity contribution < 1.29 is 9.53 Å². The van der Waals surface area contributed by atoms with Crippen LogP contribution in [0.4, 0.5) is 5.69 Å². The van der Waals surface area contributed by atoms with Crippen LogP contribution in [0.15, 0.2) is 47.8 Å². The van der Waals surface area contributed by atoms with E-state index in [1.54, 1.807) is 18.4 Å². The fourth-order valence-electron chi connectivity index (χ4n) is 2.68. The Morgan fingerprint density at radius 3 is 2.81 bits per heavy atom. The quantitative estimate of drug-likeness (QED) is 0.633. The van der Waals surface area contributed by atoms with Crippen molar-refractivity contribution in [1.82, 2.24) is 4.98 Å². The molecule has 4 nitrogen and oxygen atoms in total. The van der Waals surface area contributed by atoms with Crippen LogP contribution in [-0.4, -0.2) is 18.0 Å². The molecular formula is C20H17ClN2O2S. The minimum absolute atomic E-state index is 0.106. The molecule has 1 N–H and O–H groups in total. The summed E-state index contributed by atoms with van der Waals surface area (Å²) in [7, 11) is 1.59. The van der Waals surface area contributed by atoms with Gasteiger partial charge < -0.3 is 10.1 Å². The smallest absolute Gasteiger partial charge is 0.227 e. The molecule has 0 aliphatic heterocycles. The number of anilines is 1. The molecule has 0 bridgehead atoms. The van der Waals surface area contributed by atoms with E-state index in [1.165, 1.54) is 0 Å².